The highest BCUT2D eigenvalue weighted by Gasteiger charge is 2.01. The van der Waals surface area contributed by atoms with Crippen molar-refractivity contribution in [3.05, 3.63) is 42.1 Å². The summed E-state index contributed by atoms with van der Waals surface area (Å²) in [5, 5.41) is 7.82. The maximum atomic E-state index is 4.67. The quantitative estimate of drug-likeness (QED) is 0.487. The van der Waals surface area contributed by atoms with Gasteiger partial charge >= 0.3 is 0 Å². The van der Waals surface area contributed by atoms with Crippen molar-refractivity contribution < 1.29 is 0 Å². The van der Waals surface area contributed by atoms with E-state index in [9.17, 15) is 0 Å². The fourth-order valence-corrected chi connectivity index (χ4v) is 2.18. The minimum absolute atomic E-state index is 0.657. The number of pyridine rings is 1. The van der Waals surface area contributed by atoms with Crippen molar-refractivity contribution in [3.63, 3.8) is 0 Å². The van der Waals surface area contributed by atoms with Crippen LogP contribution in [-0.4, -0.2) is 24.0 Å². The Morgan fingerprint density at radius 3 is 2.81 bits per heavy atom. The highest BCUT2D eigenvalue weighted by atomic mass is 15.2. The van der Waals surface area contributed by atoms with E-state index in [-0.39, 0.29) is 0 Å². The lowest BCUT2D eigenvalue weighted by Crippen LogP contribution is -2.37. The number of unbranched alkanes of at least 4 members (excludes halogenated alkanes) is 1. The van der Waals surface area contributed by atoms with Crippen LogP contribution in [0.3, 0.4) is 0 Å². The monoisotopic (exact) mass is 284 g/mol. The zero-order chi connectivity index (χ0) is 14.9. The molecular formula is C17H24N4. The fourth-order valence-electron chi connectivity index (χ4n) is 2.18. The van der Waals surface area contributed by atoms with Crippen LogP contribution in [-0.2, 0) is 6.54 Å². The predicted octanol–water partition coefficient (Wildman–Crippen LogP) is 3.09. The highest BCUT2D eigenvalue weighted by Crippen LogP contribution is 2.16. The Morgan fingerprint density at radius 2 is 2.00 bits per heavy atom. The molecule has 4 nitrogen and oxygen atoms in total. The largest absolute Gasteiger partial charge is 0.357 e. The summed E-state index contributed by atoms with van der Waals surface area (Å²) in [4.78, 5) is 9.06. The normalized spacial score (nSPS) is 11.6. The van der Waals surface area contributed by atoms with Gasteiger partial charge in [0.15, 0.2) is 5.96 Å². The summed E-state index contributed by atoms with van der Waals surface area (Å²) in [6.07, 6.45) is 4.19. The van der Waals surface area contributed by atoms with Crippen LogP contribution in [0.25, 0.3) is 10.9 Å². The molecule has 0 atom stereocenters. The fraction of sp³-hybridized carbons (Fsp3) is 0.412. The summed E-state index contributed by atoms with van der Waals surface area (Å²) in [5.41, 5.74) is 2.22. The first-order chi connectivity index (χ1) is 10.3. The van der Waals surface area contributed by atoms with Crippen LogP contribution in [0.4, 0.5) is 0 Å². The second-order valence-corrected chi connectivity index (χ2v) is 4.96. The zero-order valence-corrected chi connectivity index (χ0v) is 12.9. The molecule has 0 bridgehead atoms. The lowest BCUT2D eigenvalue weighted by atomic mass is 10.1. The van der Waals surface area contributed by atoms with Gasteiger partial charge in [-0.1, -0.05) is 31.5 Å². The summed E-state index contributed by atoms with van der Waals surface area (Å²) in [5.74, 6) is 0.881. The molecular weight excluding hydrogens is 260 g/mol. The number of aromatic nitrogens is 1. The highest BCUT2D eigenvalue weighted by molar-refractivity contribution is 5.83. The molecule has 0 saturated carbocycles. The van der Waals surface area contributed by atoms with Crippen molar-refractivity contribution in [2.24, 2.45) is 4.99 Å². The average Bonchev–Trinajstić information content (AvgIpc) is 2.53. The Labute approximate surface area is 126 Å². The van der Waals surface area contributed by atoms with Gasteiger partial charge in [-0.3, -0.25) is 4.98 Å². The summed E-state index contributed by atoms with van der Waals surface area (Å²) in [7, 11) is 0. The van der Waals surface area contributed by atoms with Gasteiger partial charge in [-0.15, -0.1) is 0 Å². The van der Waals surface area contributed by atoms with E-state index < -0.39 is 0 Å². The molecule has 4 heteroatoms. The van der Waals surface area contributed by atoms with Gasteiger partial charge in [-0.25, -0.2) is 4.99 Å². The molecule has 0 radical (unpaired) electrons. The van der Waals surface area contributed by atoms with E-state index in [1.807, 2.05) is 30.5 Å². The molecule has 0 amide bonds. The molecule has 1 aromatic heterocycles. The van der Waals surface area contributed by atoms with E-state index in [0.717, 1.165) is 31.0 Å². The molecule has 0 saturated heterocycles. The molecule has 2 rings (SSSR count). The third-order valence-electron chi connectivity index (χ3n) is 3.31. The van der Waals surface area contributed by atoms with Gasteiger partial charge in [0.05, 0.1) is 12.1 Å². The lowest BCUT2D eigenvalue weighted by molar-refractivity contribution is 0.730. The smallest absolute Gasteiger partial charge is 0.191 e. The number of aliphatic imine (C=N–C) groups is 1. The number of nitrogens with zero attached hydrogens (tertiary/aromatic N) is 2. The molecule has 0 spiro atoms. The first-order valence-electron chi connectivity index (χ1n) is 7.70. The van der Waals surface area contributed by atoms with Crippen molar-refractivity contribution >= 4 is 16.9 Å². The van der Waals surface area contributed by atoms with E-state index in [2.05, 4.69) is 40.5 Å². The van der Waals surface area contributed by atoms with Crippen LogP contribution < -0.4 is 10.6 Å². The van der Waals surface area contributed by atoms with E-state index >= 15 is 0 Å². The maximum absolute atomic E-state index is 4.67. The molecule has 2 N–H and O–H groups in total. The minimum atomic E-state index is 0.657. The molecule has 2 aromatic rings. The van der Waals surface area contributed by atoms with Crippen LogP contribution in [0.1, 0.15) is 32.3 Å². The van der Waals surface area contributed by atoms with Crippen molar-refractivity contribution in [2.45, 2.75) is 33.2 Å². The Balaban J connectivity index is 2.11. The van der Waals surface area contributed by atoms with Gasteiger partial charge in [-0.2, -0.15) is 0 Å². The molecule has 1 aromatic carbocycles. The third-order valence-corrected chi connectivity index (χ3v) is 3.31. The number of guanidine groups is 1. The number of hydrogen-bond acceptors (Lipinski definition) is 2. The second-order valence-electron chi connectivity index (χ2n) is 4.96. The van der Waals surface area contributed by atoms with Gasteiger partial charge in [0.1, 0.15) is 0 Å². The molecule has 112 valence electrons. The van der Waals surface area contributed by atoms with Crippen LogP contribution in [0.15, 0.2) is 41.5 Å². The SMILES string of the molecule is CCCCNC(=NCc1ccnc2ccccc12)NCC. The molecule has 21 heavy (non-hydrogen) atoms. The van der Waals surface area contributed by atoms with Crippen LogP contribution in [0.2, 0.25) is 0 Å². The number of benzene rings is 1. The van der Waals surface area contributed by atoms with E-state index in [1.54, 1.807) is 0 Å². The van der Waals surface area contributed by atoms with Gasteiger partial charge in [0.2, 0.25) is 0 Å². The van der Waals surface area contributed by atoms with E-state index in [4.69, 9.17) is 0 Å². The zero-order valence-electron chi connectivity index (χ0n) is 12.9. The predicted molar refractivity (Wildman–Crippen MR) is 89.5 cm³/mol. The molecule has 0 fully saturated rings. The number of para-hydroxylation sites is 1. The number of fused-ring (bicyclic) bond motifs is 1. The molecule has 0 aliphatic rings. The first kappa shape index (κ1) is 15.3. The summed E-state index contributed by atoms with van der Waals surface area (Å²) >= 11 is 0. The van der Waals surface area contributed by atoms with Gasteiger partial charge in [-0.05, 0) is 31.0 Å². The average molecular weight is 284 g/mol. The maximum Gasteiger partial charge on any atom is 0.191 e. The Hall–Kier alpha value is -2.10. The molecule has 0 unspecified atom stereocenters. The van der Waals surface area contributed by atoms with Crippen molar-refractivity contribution in [1.29, 1.82) is 0 Å². The van der Waals surface area contributed by atoms with Crippen molar-refractivity contribution in [1.82, 2.24) is 15.6 Å². The van der Waals surface area contributed by atoms with Crippen LogP contribution >= 0.6 is 0 Å². The Kier molecular flexibility index (Phi) is 6.00. The topological polar surface area (TPSA) is 49.3 Å². The van der Waals surface area contributed by atoms with Gasteiger partial charge < -0.3 is 10.6 Å². The number of hydrogen-bond donors (Lipinski definition) is 2. The first-order valence-corrected chi connectivity index (χ1v) is 7.70. The van der Waals surface area contributed by atoms with Crippen LogP contribution in [0.5, 0.6) is 0 Å². The van der Waals surface area contributed by atoms with E-state index in [1.165, 1.54) is 17.4 Å². The van der Waals surface area contributed by atoms with Gasteiger partial charge in [0, 0.05) is 24.7 Å². The second kappa shape index (κ2) is 8.25. The number of nitrogens with one attached hydrogen (secondary N) is 2. The summed E-state index contributed by atoms with van der Waals surface area (Å²) in [6.45, 7) is 6.76. The Morgan fingerprint density at radius 1 is 1.14 bits per heavy atom. The summed E-state index contributed by atoms with van der Waals surface area (Å²) < 4.78 is 0. The third kappa shape index (κ3) is 4.45. The van der Waals surface area contributed by atoms with E-state index in [0.29, 0.717) is 6.54 Å². The molecule has 0 aliphatic carbocycles. The van der Waals surface area contributed by atoms with Gasteiger partial charge in [0.25, 0.3) is 0 Å². The lowest BCUT2D eigenvalue weighted by Gasteiger charge is -2.11. The standard InChI is InChI=1S/C17H24N4/c1-3-5-11-20-17(18-4-2)21-13-14-10-12-19-16-9-7-6-8-15(14)16/h6-10,12H,3-5,11,13H2,1-2H3,(H2,18,20,21). The Bertz CT molecular complexity index is 587. The summed E-state index contributed by atoms with van der Waals surface area (Å²) in [6, 6.07) is 10.2. The number of rotatable bonds is 6. The minimum Gasteiger partial charge on any atom is -0.357 e. The van der Waals surface area contributed by atoms with Crippen molar-refractivity contribution in [2.75, 3.05) is 13.1 Å². The molecule has 1 heterocycles. The molecule has 0 aliphatic heterocycles. The van der Waals surface area contributed by atoms with Crippen LogP contribution in [0, 0.1) is 0 Å². The van der Waals surface area contributed by atoms with Crippen molar-refractivity contribution in [3.8, 4) is 0 Å².